The summed E-state index contributed by atoms with van der Waals surface area (Å²) in [6.45, 7) is 17.1. The van der Waals surface area contributed by atoms with Gasteiger partial charge in [0, 0.05) is 6.42 Å². The van der Waals surface area contributed by atoms with Gasteiger partial charge in [0.15, 0.2) is 0 Å². The van der Waals surface area contributed by atoms with Crippen LogP contribution in [-0.4, -0.2) is 6.18 Å². The van der Waals surface area contributed by atoms with Crippen molar-refractivity contribution in [3.05, 3.63) is 70.3 Å². The number of nitrogens with zero attached hydrogens (tertiary/aromatic N) is 1. The molecule has 1 atom stereocenters. The second-order valence-corrected chi connectivity index (χ2v) is 9.18. The highest BCUT2D eigenvalue weighted by Crippen LogP contribution is 2.27. The van der Waals surface area contributed by atoms with E-state index in [1.807, 2.05) is 63.2 Å². The van der Waals surface area contributed by atoms with Crippen molar-refractivity contribution in [3.8, 4) is 6.07 Å². The van der Waals surface area contributed by atoms with Crippen molar-refractivity contribution in [2.24, 2.45) is 5.92 Å². The second kappa shape index (κ2) is 18.0. The lowest BCUT2D eigenvalue weighted by molar-refractivity contribution is -0.130. The topological polar surface area (TPSA) is 23.8 Å². The number of alkyl halides is 4. The molecule has 2 aromatic rings. The summed E-state index contributed by atoms with van der Waals surface area (Å²) < 4.78 is 45.9. The molecule has 0 aliphatic heterocycles. The maximum atomic E-state index is 13.6. The molecule has 0 aromatic heterocycles. The standard InChI is InChI=1S/C11H15F.C9H9N.C7H16.C3H5F3/c1-4-9-7-5-6-8-10(9)11(2,3)12;1-7-3-4-9(6-10)8(2)5-7;1-4-6-7(3)5-2;1-2-3(4,5)6/h5-8H,4H2,1-3H3;3-5H,1-2H3;7H,4-6H2,1-3H3;2H2,1H3. The lowest BCUT2D eigenvalue weighted by atomic mass is 9.93. The molecule has 0 aliphatic carbocycles. The zero-order chi connectivity index (χ0) is 27.7. The Hall–Kier alpha value is -2.35. The van der Waals surface area contributed by atoms with Gasteiger partial charge in [-0.2, -0.15) is 18.4 Å². The molecule has 2 rings (SSSR count). The van der Waals surface area contributed by atoms with E-state index < -0.39 is 18.3 Å². The van der Waals surface area contributed by atoms with Crippen LogP contribution in [0, 0.1) is 31.1 Å². The van der Waals surface area contributed by atoms with E-state index in [1.165, 1.54) is 24.8 Å². The smallest absolute Gasteiger partial charge is 0.239 e. The van der Waals surface area contributed by atoms with Crippen LogP contribution in [0.15, 0.2) is 42.5 Å². The number of hydrogen-bond acceptors (Lipinski definition) is 1. The van der Waals surface area contributed by atoms with Gasteiger partial charge in [-0.25, -0.2) is 4.39 Å². The Labute approximate surface area is 211 Å². The van der Waals surface area contributed by atoms with Crippen LogP contribution < -0.4 is 0 Å². The molecule has 5 heteroatoms. The van der Waals surface area contributed by atoms with Crippen LogP contribution in [0.5, 0.6) is 0 Å². The molecule has 0 radical (unpaired) electrons. The van der Waals surface area contributed by atoms with Crippen molar-refractivity contribution in [3.63, 3.8) is 0 Å². The minimum absolute atomic E-state index is 0.729. The number of halogens is 4. The van der Waals surface area contributed by atoms with E-state index in [9.17, 15) is 17.6 Å². The fourth-order valence-electron chi connectivity index (χ4n) is 3.04. The summed E-state index contributed by atoms with van der Waals surface area (Å²) in [4.78, 5) is 0. The highest BCUT2D eigenvalue weighted by atomic mass is 19.4. The summed E-state index contributed by atoms with van der Waals surface area (Å²) in [6, 6.07) is 15.6. The van der Waals surface area contributed by atoms with Crippen molar-refractivity contribution in [2.75, 3.05) is 0 Å². The van der Waals surface area contributed by atoms with E-state index in [4.69, 9.17) is 5.26 Å². The molecule has 0 saturated heterocycles. The van der Waals surface area contributed by atoms with Gasteiger partial charge < -0.3 is 0 Å². The second-order valence-electron chi connectivity index (χ2n) is 9.18. The Morgan fingerprint density at radius 2 is 1.46 bits per heavy atom. The maximum absolute atomic E-state index is 13.6. The average Bonchev–Trinajstić information content (AvgIpc) is 2.79. The first kappa shape index (κ1) is 34.8. The summed E-state index contributed by atoms with van der Waals surface area (Å²) in [6.07, 6.45) is 0.288. The Bertz CT molecular complexity index is 858. The van der Waals surface area contributed by atoms with E-state index in [1.54, 1.807) is 13.8 Å². The zero-order valence-corrected chi connectivity index (χ0v) is 23.1. The normalized spacial score (nSPS) is 11.4. The Morgan fingerprint density at radius 3 is 1.77 bits per heavy atom. The largest absolute Gasteiger partial charge is 0.388 e. The fraction of sp³-hybridized carbons (Fsp3) is 0.567. The first-order valence-electron chi connectivity index (χ1n) is 12.5. The molecule has 0 amide bonds. The molecule has 198 valence electrons. The molecule has 0 N–H and O–H groups in total. The van der Waals surface area contributed by atoms with Crippen LogP contribution in [0.1, 0.15) is 102 Å². The van der Waals surface area contributed by atoms with Gasteiger partial charge in [0.25, 0.3) is 0 Å². The van der Waals surface area contributed by atoms with Gasteiger partial charge in [-0.05, 0) is 62.8 Å². The monoisotopic (exact) mass is 495 g/mol. The number of nitriles is 1. The summed E-state index contributed by atoms with van der Waals surface area (Å²) >= 11 is 0. The summed E-state index contributed by atoms with van der Waals surface area (Å²) in [5.74, 6) is 0.949. The Kier molecular flexibility index (Phi) is 17.9. The molecule has 2 aromatic carbocycles. The third kappa shape index (κ3) is 17.7. The van der Waals surface area contributed by atoms with Crippen molar-refractivity contribution < 1.29 is 17.6 Å². The van der Waals surface area contributed by atoms with Crippen LogP contribution in [0.25, 0.3) is 0 Å². The quantitative estimate of drug-likeness (QED) is 0.378. The molecule has 1 nitrogen and oxygen atoms in total. The molecule has 0 bridgehead atoms. The third-order valence-electron chi connectivity index (χ3n) is 5.42. The minimum Gasteiger partial charge on any atom is -0.239 e. The summed E-state index contributed by atoms with van der Waals surface area (Å²) in [7, 11) is 0. The summed E-state index contributed by atoms with van der Waals surface area (Å²) in [5.41, 5.74) is 3.73. The van der Waals surface area contributed by atoms with E-state index in [-0.39, 0.29) is 0 Å². The highest BCUT2D eigenvalue weighted by molar-refractivity contribution is 5.38. The fourth-order valence-corrected chi connectivity index (χ4v) is 3.04. The minimum atomic E-state index is -3.96. The van der Waals surface area contributed by atoms with Crippen molar-refractivity contribution in [1.82, 2.24) is 0 Å². The van der Waals surface area contributed by atoms with Crippen molar-refractivity contribution in [2.45, 2.75) is 106 Å². The van der Waals surface area contributed by atoms with Crippen molar-refractivity contribution >= 4 is 0 Å². The van der Waals surface area contributed by atoms with E-state index in [0.29, 0.717) is 0 Å². The average molecular weight is 496 g/mol. The molecule has 1 unspecified atom stereocenters. The highest BCUT2D eigenvalue weighted by Gasteiger charge is 2.22. The zero-order valence-electron chi connectivity index (χ0n) is 23.1. The molecular weight excluding hydrogens is 450 g/mol. The lowest BCUT2D eigenvalue weighted by Gasteiger charge is -2.18. The molecule has 35 heavy (non-hydrogen) atoms. The third-order valence-corrected chi connectivity index (χ3v) is 5.42. The SMILES string of the molecule is CCC(F)(F)F.CCCC(C)CC.CCc1ccccc1C(C)(C)F.Cc1ccc(C#N)c(C)c1. The number of rotatable bonds is 5. The lowest BCUT2D eigenvalue weighted by Crippen LogP contribution is -2.11. The van der Waals surface area contributed by atoms with Gasteiger partial charge >= 0.3 is 6.18 Å². The van der Waals surface area contributed by atoms with Crippen LogP contribution in [0.3, 0.4) is 0 Å². The van der Waals surface area contributed by atoms with Gasteiger partial charge in [0.05, 0.1) is 11.6 Å². The van der Waals surface area contributed by atoms with Gasteiger partial charge in [0.2, 0.25) is 0 Å². The van der Waals surface area contributed by atoms with Gasteiger partial charge in [-0.15, -0.1) is 0 Å². The van der Waals surface area contributed by atoms with Crippen LogP contribution in [0.2, 0.25) is 0 Å². The first-order valence-corrected chi connectivity index (χ1v) is 12.5. The molecule has 0 saturated carbocycles. The maximum Gasteiger partial charge on any atom is 0.388 e. The number of aryl methyl sites for hydroxylation is 3. The molecule has 0 heterocycles. The van der Waals surface area contributed by atoms with Gasteiger partial charge in [-0.3, -0.25) is 0 Å². The summed E-state index contributed by atoms with van der Waals surface area (Å²) in [5, 5.41) is 8.56. The van der Waals surface area contributed by atoms with Crippen LogP contribution in [0.4, 0.5) is 17.6 Å². The van der Waals surface area contributed by atoms with Gasteiger partial charge in [-0.1, -0.05) is 95.8 Å². The van der Waals surface area contributed by atoms with Crippen LogP contribution in [-0.2, 0) is 12.1 Å². The number of benzene rings is 2. The number of hydrogen-bond donors (Lipinski definition) is 0. The van der Waals surface area contributed by atoms with Crippen molar-refractivity contribution in [1.29, 1.82) is 5.26 Å². The first-order chi connectivity index (χ1) is 16.2. The van der Waals surface area contributed by atoms with E-state index in [2.05, 4.69) is 26.8 Å². The molecule has 0 fully saturated rings. The molecule has 0 spiro atoms. The Balaban J connectivity index is 0. The Morgan fingerprint density at radius 1 is 0.914 bits per heavy atom. The van der Waals surface area contributed by atoms with Crippen LogP contribution >= 0.6 is 0 Å². The molecule has 0 aliphatic rings. The predicted molar refractivity (Wildman–Crippen MR) is 141 cm³/mol. The molecular formula is C30H45F4N. The van der Waals surface area contributed by atoms with Gasteiger partial charge in [0.1, 0.15) is 5.67 Å². The predicted octanol–water partition coefficient (Wildman–Crippen LogP) is 10.4. The van der Waals surface area contributed by atoms with E-state index >= 15 is 0 Å². The van der Waals surface area contributed by atoms with E-state index in [0.717, 1.165) is 41.5 Å².